The SMILES string of the molecule is CCOC(=O)CSc1c(F)ccc(Br)c1C=O. The van der Waals surface area contributed by atoms with Crippen LogP contribution in [0.2, 0.25) is 0 Å². The van der Waals surface area contributed by atoms with E-state index in [0.29, 0.717) is 10.8 Å². The first-order valence-electron chi connectivity index (χ1n) is 4.81. The van der Waals surface area contributed by atoms with Crippen LogP contribution in [0.4, 0.5) is 4.39 Å². The highest BCUT2D eigenvalue weighted by molar-refractivity contribution is 9.10. The molecule has 17 heavy (non-hydrogen) atoms. The number of carbonyl (C=O) groups excluding carboxylic acids is 2. The van der Waals surface area contributed by atoms with Crippen molar-refractivity contribution in [3.63, 3.8) is 0 Å². The fourth-order valence-corrected chi connectivity index (χ4v) is 2.56. The van der Waals surface area contributed by atoms with Gasteiger partial charge in [0.2, 0.25) is 0 Å². The predicted molar refractivity (Wildman–Crippen MR) is 66.8 cm³/mol. The van der Waals surface area contributed by atoms with E-state index in [4.69, 9.17) is 4.74 Å². The Balaban J connectivity index is 2.86. The number of rotatable bonds is 5. The van der Waals surface area contributed by atoms with E-state index in [0.717, 1.165) is 11.8 Å². The summed E-state index contributed by atoms with van der Waals surface area (Å²) in [5, 5.41) is 0. The molecule has 0 amide bonds. The minimum absolute atomic E-state index is 0.0257. The van der Waals surface area contributed by atoms with Crippen LogP contribution in [0.1, 0.15) is 17.3 Å². The Bertz CT molecular complexity index is 437. The smallest absolute Gasteiger partial charge is 0.316 e. The Kier molecular flexibility index (Phi) is 5.64. The minimum Gasteiger partial charge on any atom is -0.465 e. The summed E-state index contributed by atoms with van der Waals surface area (Å²) in [5.41, 5.74) is 0.208. The molecular weight excluding hydrogens is 311 g/mol. The van der Waals surface area contributed by atoms with Crippen LogP contribution in [0.15, 0.2) is 21.5 Å². The molecule has 0 unspecified atom stereocenters. The number of hydrogen-bond acceptors (Lipinski definition) is 4. The highest BCUT2D eigenvalue weighted by Crippen LogP contribution is 2.30. The molecular formula is C11H10BrFO3S. The lowest BCUT2D eigenvalue weighted by atomic mass is 10.2. The molecule has 1 aromatic rings. The van der Waals surface area contributed by atoms with Gasteiger partial charge in [-0.25, -0.2) is 4.39 Å². The maximum absolute atomic E-state index is 13.5. The van der Waals surface area contributed by atoms with Crippen molar-refractivity contribution in [2.45, 2.75) is 11.8 Å². The van der Waals surface area contributed by atoms with Crippen LogP contribution in [0.3, 0.4) is 0 Å². The van der Waals surface area contributed by atoms with Gasteiger partial charge >= 0.3 is 5.97 Å². The van der Waals surface area contributed by atoms with Gasteiger partial charge in [-0.15, -0.1) is 11.8 Å². The largest absolute Gasteiger partial charge is 0.465 e. The number of halogens is 2. The fourth-order valence-electron chi connectivity index (χ4n) is 1.14. The number of thioether (sulfide) groups is 1. The Labute approximate surface area is 111 Å². The first-order valence-corrected chi connectivity index (χ1v) is 6.59. The van der Waals surface area contributed by atoms with E-state index in [1.54, 1.807) is 6.92 Å². The first-order chi connectivity index (χ1) is 8.10. The van der Waals surface area contributed by atoms with E-state index in [1.807, 2.05) is 0 Å². The van der Waals surface area contributed by atoms with Crippen molar-refractivity contribution in [2.24, 2.45) is 0 Å². The van der Waals surface area contributed by atoms with Gasteiger partial charge in [-0.3, -0.25) is 9.59 Å². The van der Waals surface area contributed by atoms with E-state index in [-0.39, 0.29) is 22.8 Å². The zero-order valence-electron chi connectivity index (χ0n) is 9.04. The van der Waals surface area contributed by atoms with Gasteiger partial charge in [0.05, 0.1) is 17.3 Å². The molecule has 1 rings (SSSR count). The Morgan fingerprint density at radius 1 is 1.59 bits per heavy atom. The zero-order chi connectivity index (χ0) is 12.8. The average Bonchev–Trinajstić information content (AvgIpc) is 2.30. The van der Waals surface area contributed by atoms with Crippen molar-refractivity contribution in [3.05, 3.63) is 28.0 Å². The second kappa shape index (κ2) is 6.76. The summed E-state index contributed by atoms with van der Waals surface area (Å²) in [6, 6.07) is 2.69. The second-order valence-corrected chi connectivity index (χ2v) is 4.82. The van der Waals surface area contributed by atoms with Crippen LogP contribution in [-0.2, 0) is 9.53 Å². The molecule has 0 aliphatic carbocycles. The van der Waals surface area contributed by atoms with Crippen molar-refractivity contribution in [2.75, 3.05) is 12.4 Å². The third-order valence-corrected chi connectivity index (χ3v) is 3.63. The summed E-state index contributed by atoms with van der Waals surface area (Å²) < 4.78 is 18.7. The van der Waals surface area contributed by atoms with Crippen molar-refractivity contribution in [3.8, 4) is 0 Å². The highest BCUT2D eigenvalue weighted by atomic mass is 79.9. The Hall–Kier alpha value is -0.880. The number of esters is 1. The second-order valence-electron chi connectivity index (χ2n) is 2.98. The molecule has 0 aliphatic heterocycles. The van der Waals surface area contributed by atoms with Crippen LogP contribution in [0.5, 0.6) is 0 Å². The van der Waals surface area contributed by atoms with E-state index in [9.17, 15) is 14.0 Å². The lowest BCUT2D eigenvalue weighted by Crippen LogP contribution is -2.07. The number of hydrogen-bond donors (Lipinski definition) is 0. The van der Waals surface area contributed by atoms with Crippen LogP contribution >= 0.6 is 27.7 Å². The first kappa shape index (κ1) is 14.2. The number of benzene rings is 1. The normalized spacial score (nSPS) is 10.1. The van der Waals surface area contributed by atoms with Gasteiger partial charge in [-0.1, -0.05) is 15.9 Å². The maximum Gasteiger partial charge on any atom is 0.316 e. The van der Waals surface area contributed by atoms with Gasteiger partial charge in [0.15, 0.2) is 6.29 Å². The summed E-state index contributed by atoms with van der Waals surface area (Å²) >= 11 is 4.10. The molecule has 0 aliphatic rings. The fraction of sp³-hybridized carbons (Fsp3) is 0.273. The summed E-state index contributed by atoms with van der Waals surface area (Å²) in [5.74, 6) is -0.986. The molecule has 0 bridgehead atoms. The number of carbonyl (C=O) groups is 2. The highest BCUT2D eigenvalue weighted by Gasteiger charge is 2.14. The number of aldehydes is 1. The van der Waals surface area contributed by atoms with Crippen molar-refractivity contribution in [1.29, 1.82) is 0 Å². The third-order valence-electron chi connectivity index (χ3n) is 1.85. The monoisotopic (exact) mass is 320 g/mol. The molecule has 0 radical (unpaired) electrons. The standard InChI is InChI=1S/C11H10BrFO3S/c1-2-16-10(15)6-17-11-7(5-14)8(12)3-4-9(11)13/h3-5H,2,6H2,1H3. The molecule has 0 saturated carbocycles. The van der Waals surface area contributed by atoms with Gasteiger partial charge in [-0.2, -0.15) is 0 Å². The third kappa shape index (κ3) is 3.81. The summed E-state index contributed by atoms with van der Waals surface area (Å²) in [6.45, 7) is 1.97. The van der Waals surface area contributed by atoms with Crippen molar-refractivity contribution in [1.82, 2.24) is 0 Å². The van der Waals surface area contributed by atoms with Gasteiger partial charge < -0.3 is 4.74 Å². The van der Waals surface area contributed by atoms with Crippen molar-refractivity contribution < 1.29 is 18.7 Å². The zero-order valence-corrected chi connectivity index (χ0v) is 11.4. The van der Waals surface area contributed by atoms with E-state index in [2.05, 4.69) is 15.9 Å². The molecule has 0 spiro atoms. The van der Waals surface area contributed by atoms with Crippen LogP contribution in [0, 0.1) is 5.82 Å². The molecule has 92 valence electrons. The van der Waals surface area contributed by atoms with Gasteiger partial charge in [-0.05, 0) is 19.1 Å². The van der Waals surface area contributed by atoms with E-state index in [1.165, 1.54) is 12.1 Å². The minimum atomic E-state index is -0.524. The summed E-state index contributed by atoms with van der Waals surface area (Å²) in [6.07, 6.45) is 0.556. The summed E-state index contributed by atoms with van der Waals surface area (Å²) in [7, 11) is 0. The van der Waals surface area contributed by atoms with Crippen LogP contribution < -0.4 is 0 Å². The van der Waals surface area contributed by atoms with Crippen LogP contribution in [-0.4, -0.2) is 24.6 Å². The van der Waals surface area contributed by atoms with E-state index >= 15 is 0 Å². The van der Waals surface area contributed by atoms with Crippen molar-refractivity contribution >= 4 is 39.9 Å². The molecule has 0 heterocycles. The quantitative estimate of drug-likeness (QED) is 0.475. The Morgan fingerprint density at radius 2 is 2.29 bits per heavy atom. The molecule has 0 saturated heterocycles. The van der Waals surface area contributed by atoms with Crippen LogP contribution in [0.25, 0.3) is 0 Å². The van der Waals surface area contributed by atoms with E-state index < -0.39 is 11.8 Å². The molecule has 6 heteroatoms. The lowest BCUT2D eigenvalue weighted by molar-refractivity contribution is -0.139. The Morgan fingerprint density at radius 3 is 2.88 bits per heavy atom. The number of ether oxygens (including phenoxy) is 1. The lowest BCUT2D eigenvalue weighted by Gasteiger charge is -2.07. The average molecular weight is 321 g/mol. The summed E-state index contributed by atoms with van der Waals surface area (Å²) in [4.78, 5) is 22.1. The van der Waals surface area contributed by atoms with Gasteiger partial charge in [0.25, 0.3) is 0 Å². The maximum atomic E-state index is 13.5. The molecule has 0 atom stereocenters. The molecule has 1 aromatic carbocycles. The molecule has 0 aromatic heterocycles. The van der Waals surface area contributed by atoms with Gasteiger partial charge in [0, 0.05) is 10.0 Å². The molecule has 0 N–H and O–H groups in total. The molecule has 0 fully saturated rings. The van der Waals surface area contributed by atoms with Gasteiger partial charge in [0.1, 0.15) is 5.82 Å². The topological polar surface area (TPSA) is 43.4 Å². The predicted octanol–water partition coefficient (Wildman–Crippen LogP) is 3.06. The molecule has 3 nitrogen and oxygen atoms in total.